The summed E-state index contributed by atoms with van der Waals surface area (Å²) in [4.78, 5) is 22.0. The second-order valence-corrected chi connectivity index (χ2v) is 8.85. The predicted octanol–water partition coefficient (Wildman–Crippen LogP) is 4.01. The molecule has 0 spiro atoms. The third kappa shape index (κ3) is 5.15. The molecule has 7 nitrogen and oxygen atoms in total. The quantitative estimate of drug-likeness (QED) is 0.660. The summed E-state index contributed by atoms with van der Waals surface area (Å²) in [5, 5.41) is 3.23. The molecule has 2 aromatic carbocycles. The van der Waals surface area contributed by atoms with Crippen LogP contribution < -0.4 is 20.9 Å². The molecule has 176 valence electrons. The number of benzene rings is 2. The van der Waals surface area contributed by atoms with Gasteiger partial charge >= 0.3 is 0 Å². The highest BCUT2D eigenvalue weighted by Crippen LogP contribution is 2.25. The van der Waals surface area contributed by atoms with Gasteiger partial charge in [-0.15, -0.1) is 0 Å². The van der Waals surface area contributed by atoms with Gasteiger partial charge in [0.1, 0.15) is 0 Å². The van der Waals surface area contributed by atoms with E-state index in [2.05, 4.69) is 39.4 Å². The van der Waals surface area contributed by atoms with Crippen molar-refractivity contribution >= 4 is 34.2 Å². The average Bonchev–Trinajstić information content (AvgIpc) is 2.89. The first-order chi connectivity index (χ1) is 16.7. The Morgan fingerprint density at radius 2 is 1.41 bits per heavy atom. The van der Waals surface area contributed by atoms with Crippen LogP contribution in [0.5, 0.6) is 0 Å². The highest BCUT2D eigenvalue weighted by atomic mass is 16.5. The molecular weight excluding hydrogens is 426 g/mol. The molecule has 34 heavy (non-hydrogen) atoms. The second kappa shape index (κ2) is 10.1. The molecule has 5 rings (SSSR count). The van der Waals surface area contributed by atoms with E-state index in [9.17, 15) is 4.79 Å². The van der Waals surface area contributed by atoms with Crippen molar-refractivity contribution in [1.29, 1.82) is 0 Å². The van der Waals surface area contributed by atoms with Crippen LogP contribution >= 0.6 is 0 Å². The number of nitrogens with zero attached hydrogens (tertiary/aromatic N) is 3. The van der Waals surface area contributed by atoms with E-state index in [1.165, 1.54) is 31.0 Å². The number of carbonyl (C=O) groups excluding carboxylic acids is 1. The Labute approximate surface area is 200 Å². The Kier molecular flexibility index (Phi) is 6.62. The first-order valence-corrected chi connectivity index (χ1v) is 12.0. The SMILES string of the molecule is NC1=CC(=O)C(Nc2ccc(N3CCOCC3)cc2)=CC1=Nc1ccc(N2CCCCC2)cc1. The summed E-state index contributed by atoms with van der Waals surface area (Å²) in [6.45, 7) is 5.49. The normalized spacial score (nSPS) is 20.2. The predicted molar refractivity (Wildman–Crippen MR) is 138 cm³/mol. The number of carbonyl (C=O) groups is 1. The van der Waals surface area contributed by atoms with E-state index in [-0.39, 0.29) is 5.78 Å². The lowest BCUT2D eigenvalue weighted by Gasteiger charge is -2.29. The smallest absolute Gasteiger partial charge is 0.204 e. The van der Waals surface area contributed by atoms with Crippen molar-refractivity contribution in [2.45, 2.75) is 19.3 Å². The van der Waals surface area contributed by atoms with Crippen LogP contribution in [0.25, 0.3) is 0 Å². The Balaban J connectivity index is 1.30. The molecule has 2 saturated heterocycles. The molecule has 2 aromatic rings. The molecule has 2 fully saturated rings. The van der Waals surface area contributed by atoms with Crippen LogP contribution in [0.15, 0.2) is 77.1 Å². The third-order valence-corrected chi connectivity index (χ3v) is 6.47. The largest absolute Gasteiger partial charge is 0.397 e. The molecule has 0 amide bonds. The Morgan fingerprint density at radius 3 is 2.09 bits per heavy atom. The summed E-state index contributed by atoms with van der Waals surface area (Å²) in [5.41, 5.74) is 11.6. The van der Waals surface area contributed by atoms with Gasteiger partial charge in [0.15, 0.2) is 0 Å². The summed E-state index contributed by atoms with van der Waals surface area (Å²) in [5.74, 6) is -0.158. The van der Waals surface area contributed by atoms with Gasteiger partial charge in [-0.05, 0) is 73.9 Å². The van der Waals surface area contributed by atoms with Crippen LogP contribution in [0.4, 0.5) is 22.7 Å². The maximum absolute atomic E-state index is 12.6. The number of anilines is 3. The van der Waals surface area contributed by atoms with Gasteiger partial charge in [-0.2, -0.15) is 0 Å². The fraction of sp³-hybridized carbons (Fsp3) is 0.333. The number of hydrogen-bond acceptors (Lipinski definition) is 7. The van der Waals surface area contributed by atoms with Crippen LogP contribution in [0.2, 0.25) is 0 Å². The minimum absolute atomic E-state index is 0.158. The van der Waals surface area contributed by atoms with Gasteiger partial charge in [0.25, 0.3) is 0 Å². The molecule has 3 N–H and O–H groups in total. The topological polar surface area (TPSA) is 83.2 Å². The average molecular weight is 458 g/mol. The number of rotatable bonds is 5. The maximum Gasteiger partial charge on any atom is 0.204 e. The minimum Gasteiger partial charge on any atom is -0.397 e. The van der Waals surface area contributed by atoms with Gasteiger partial charge in [-0.1, -0.05) is 0 Å². The van der Waals surface area contributed by atoms with Gasteiger partial charge in [0.05, 0.1) is 36.0 Å². The number of ether oxygens (including phenoxy) is 1. The second-order valence-electron chi connectivity index (χ2n) is 8.85. The summed E-state index contributed by atoms with van der Waals surface area (Å²) in [7, 11) is 0. The van der Waals surface area contributed by atoms with E-state index < -0.39 is 0 Å². The molecule has 2 aliphatic heterocycles. The number of nitrogens with one attached hydrogen (secondary N) is 1. The zero-order valence-electron chi connectivity index (χ0n) is 19.4. The van der Waals surface area contributed by atoms with Crippen molar-refractivity contribution in [3.8, 4) is 0 Å². The summed E-state index contributed by atoms with van der Waals surface area (Å²) in [6.07, 6.45) is 6.97. The summed E-state index contributed by atoms with van der Waals surface area (Å²) >= 11 is 0. The van der Waals surface area contributed by atoms with E-state index in [0.717, 1.165) is 56.5 Å². The van der Waals surface area contributed by atoms with E-state index >= 15 is 0 Å². The monoisotopic (exact) mass is 457 g/mol. The summed E-state index contributed by atoms with van der Waals surface area (Å²) in [6, 6.07) is 16.3. The van der Waals surface area contributed by atoms with Gasteiger partial charge in [0, 0.05) is 49.3 Å². The van der Waals surface area contributed by atoms with Crippen LogP contribution in [0.3, 0.4) is 0 Å². The molecule has 0 aromatic heterocycles. The lowest BCUT2D eigenvalue weighted by molar-refractivity contribution is -0.111. The van der Waals surface area contributed by atoms with E-state index in [0.29, 0.717) is 17.1 Å². The molecule has 0 saturated carbocycles. The minimum atomic E-state index is -0.158. The highest BCUT2D eigenvalue weighted by Gasteiger charge is 2.18. The van der Waals surface area contributed by atoms with Gasteiger partial charge in [-0.3, -0.25) is 4.79 Å². The van der Waals surface area contributed by atoms with E-state index in [1.54, 1.807) is 6.08 Å². The van der Waals surface area contributed by atoms with Crippen LogP contribution in [0.1, 0.15) is 19.3 Å². The molecule has 0 unspecified atom stereocenters. The van der Waals surface area contributed by atoms with Crippen molar-refractivity contribution in [3.05, 3.63) is 72.1 Å². The molecule has 3 aliphatic rings. The number of morpholine rings is 1. The standard InChI is InChI=1S/C27H31N5O2/c28-24-18-27(33)26(30-21-6-10-23(11-7-21)32-14-16-34-17-15-32)19-25(24)29-20-4-8-22(9-5-20)31-12-2-1-3-13-31/h4-11,18-19,30H,1-3,12-17,28H2. The van der Waals surface area contributed by atoms with Gasteiger partial charge in [0.2, 0.25) is 5.78 Å². The Bertz CT molecular complexity index is 1110. The van der Waals surface area contributed by atoms with Gasteiger partial charge < -0.3 is 25.6 Å². The molecular formula is C27H31N5O2. The first kappa shape index (κ1) is 22.2. The maximum atomic E-state index is 12.6. The number of aliphatic imine (C=N–C) groups is 1. The molecule has 2 heterocycles. The fourth-order valence-electron chi connectivity index (χ4n) is 4.54. The molecule has 1 aliphatic carbocycles. The van der Waals surface area contributed by atoms with Crippen molar-refractivity contribution in [2.24, 2.45) is 10.7 Å². The van der Waals surface area contributed by atoms with Crippen LogP contribution in [-0.4, -0.2) is 50.9 Å². The molecule has 7 heteroatoms. The third-order valence-electron chi connectivity index (χ3n) is 6.47. The zero-order chi connectivity index (χ0) is 23.3. The number of hydrogen-bond donors (Lipinski definition) is 2. The number of nitrogens with two attached hydrogens (primary N) is 1. The number of piperidine rings is 1. The van der Waals surface area contributed by atoms with Gasteiger partial charge in [-0.25, -0.2) is 4.99 Å². The van der Waals surface area contributed by atoms with Crippen molar-refractivity contribution < 1.29 is 9.53 Å². The van der Waals surface area contributed by atoms with Crippen LogP contribution in [-0.2, 0) is 9.53 Å². The highest BCUT2D eigenvalue weighted by molar-refractivity contribution is 6.23. The molecule has 0 atom stereocenters. The molecule has 0 bridgehead atoms. The van der Waals surface area contributed by atoms with Crippen molar-refractivity contribution in [3.63, 3.8) is 0 Å². The summed E-state index contributed by atoms with van der Waals surface area (Å²) < 4.78 is 5.42. The van der Waals surface area contributed by atoms with Crippen molar-refractivity contribution in [1.82, 2.24) is 0 Å². The lowest BCUT2D eigenvalue weighted by Crippen LogP contribution is -2.36. The number of allylic oxidation sites excluding steroid dienone is 2. The number of ketones is 1. The van der Waals surface area contributed by atoms with E-state index in [1.807, 2.05) is 24.3 Å². The lowest BCUT2D eigenvalue weighted by atomic mass is 10.1. The first-order valence-electron chi connectivity index (χ1n) is 12.0. The fourth-order valence-corrected chi connectivity index (χ4v) is 4.54. The Morgan fingerprint density at radius 1 is 0.794 bits per heavy atom. The molecule has 0 radical (unpaired) electrons. The zero-order valence-corrected chi connectivity index (χ0v) is 19.4. The van der Waals surface area contributed by atoms with Crippen LogP contribution in [0, 0.1) is 0 Å². The Hall–Kier alpha value is -3.58. The van der Waals surface area contributed by atoms with Crippen molar-refractivity contribution in [2.75, 3.05) is 54.5 Å². The van der Waals surface area contributed by atoms with E-state index in [4.69, 9.17) is 15.5 Å².